The molecule has 0 aromatic heterocycles. The normalized spacial score (nSPS) is 18.6. The first-order valence-electron chi connectivity index (χ1n) is 4.70. The molecule has 5 nitrogen and oxygen atoms in total. The van der Waals surface area contributed by atoms with Gasteiger partial charge >= 0.3 is 0 Å². The summed E-state index contributed by atoms with van der Waals surface area (Å²) in [5.74, 6) is -0.109. The monoisotopic (exact) mass is 208 g/mol. The van der Waals surface area contributed by atoms with E-state index in [4.69, 9.17) is 20.1 Å². The summed E-state index contributed by atoms with van der Waals surface area (Å²) in [5, 5.41) is 36.0. The van der Waals surface area contributed by atoms with Gasteiger partial charge in [-0.05, 0) is 12.8 Å². The molecule has 0 saturated heterocycles. The van der Waals surface area contributed by atoms with Crippen LogP contribution in [0, 0.1) is 5.92 Å². The smallest absolute Gasteiger partial charge is 0.178 e. The van der Waals surface area contributed by atoms with Gasteiger partial charge < -0.3 is 25.2 Å². The summed E-state index contributed by atoms with van der Waals surface area (Å²) >= 11 is 0. The van der Waals surface area contributed by atoms with Crippen LogP contribution in [0.3, 0.4) is 0 Å². The number of hydrogen-bond donors (Lipinski definition) is 4. The minimum Gasteiger partial charge on any atom is -0.394 e. The summed E-state index contributed by atoms with van der Waals surface area (Å²) in [4.78, 5) is 0. The molecule has 0 spiro atoms. The van der Waals surface area contributed by atoms with Crippen LogP contribution in [-0.2, 0) is 4.74 Å². The van der Waals surface area contributed by atoms with Gasteiger partial charge in [-0.3, -0.25) is 0 Å². The third-order valence-electron chi connectivity index (χ3n) is 2.00. The third-order valence-corrected chi connectivity index (χ3v) is 2.00. The van der Waals surface area contributed by atoms with E-state index in [2.05, 4.69) is 0 Å². The highest BCUT2D eigenvalue weighted by Crippen LogP contribution is 2.14. The number of aliphatic hydroxyl groups excluding tert-OH is 3. The number of hydrogen-bond acceptors (Lipinski definition) is 5. The van der Waals surface area contributed by atoms with Crippen LogP contribution in [0.2, 0.25) is 0 Å². The lowest BCUT2D eigenvalue weighted by Gasteiger charge is -2.28. The quantitative estimate of drug-likeness (QED) is 0.424. The summed E-state index contributed by atoms with van der Waals surface area (Å²) in [7, 11) is 0. The van der Waals surface area contributed by atoms with E-state index in [9.17, 15) is 5.11 Å². The van der Waals surface area contributed by atoms with E-state index in [1.165, 1.54) is 6.92 Å². The van der Waals surface area contributed by atoms with Gasteiger partial charge in [0.2, 0.25) is 0 Å². The number of ether oxygens (including phenoxy) is 1. The molecular formula is C9H20O5. The molecule has 3 atom stereocenters. The van der Waals surface area contributed by atoms with Crippen molar-refractivity contribution in [2.45, 2.75) is 45.4 Å². The fourth-order valence-corrected chi connectivity index (χ4v) is 1.08. The highest BCUT2D eigenvalue weighted by molar-refractivity contribution is 4.70. The maximum Gasteiger partial charge on any atom is 0.178 e. The van der Waals surface area contributed by atoms with Crippen LogP contribution in [0.15, 0.2) is 0 Å². The standard InChI is InChI=1S/C9H20O5/c1-5(2)8(9(12)13)14-7(4-10)6(3)11/h5-13H,4H2,1-3H3. The Kier molecular flexibility index (Phi) is 6.22. The molecule has 0 fully saturated rings. The average Bonchev–Trinajstić information content (AvgIpc) is 2.03. The van der Waals surface area contributed by atoms with Gasteiger partial charge in [0.15, 0.2) is 6.29 Å². The van der Waals surface area contributed by atoms with Crippen molar-refractivity contribution in [3.63, 3.8) is 0 Å². The Morgan fingerprint density at radius 3 is 1.79 bits per heavy atom. The molecule has 0 aromatic rings. The van der Waals surface area contributed by atoms with E-state index in [0.717, 1.165) is 0 Å². The maximum absolute atomic E-state index is 9.18. The molecule has 0 aliphatic carbocycles. The van der Waals surface area contributed by atoms with Crippen LogP contribution < -0.4 is 0 Å². The summed E-state index contributed by atoms with van der Waals surface area (Å²) in [6, 6.07) is 0. The second kappa shape index (κ2) is 6.31. The van der Waals surface area contributed by atoms with Crippen molar-refractivity contribution in [2.24, 2.45) is 5.92 Å². The molecule has 14 heavy (non-hydrogen) atoms. The molecule has 0 rings (SSSR count). The summed E-state index contributed by atoms with van der Waals surface area (Å²) in [6.07, 6.45) is -4.05. The van der Waals surface area contributed by atoms with E-state index in [0.29, 0.717) is 0 Å². The molecule has 0 amide bonds. The Balaban J connectivity index is 4.26. The molecule has 0 aliphatic rings. The molecule has 0 bridgehead atoms. The molecule has 0 radical (unpaired) electrons. The van der Waals surface area contributed by atoms with Gasteiger partial charge in [0.05, 0.1) is 12.7 Å². The first-order chi connectivity index (χ1) is 6.40. The van der Waals surface area contributed by atoms with Crippen LogP contribution in [0.1, 0.15) is 20.8 Å². The number of aliphatic hydroxyl groups is 4. The maximum atomic E-state index is 9.18. The molecule has 0 aromatic carbocycles. The fraction of sp³-hybridized carbons (Fsp3) is 1.00. The van der Waals surface area contributed by atoms with E-state index >= 15 is 0 Å². The van der Waals surface area contributed by atoms with Gasteiger partial charge in [-0.15, -0.1) is 0 Å². The zero-order chi connectivity index (χ0) is 11.3. The van der Waals surface area contributed by atoms with Crippen molar-refractivity contribution in [3.8, 4) is 0 Å². The van der Waals surface area contributed by atoms with Crippen LogP contribution in [-0.4, -0.2) is 51.6 Å². The number of rotatable bonds is 6. The first-order valence-corrected chi connectivity index (χ1v) is 4.70. The van der Waals surface area contributed by atoms with Crippen LogP contribution in [0.25, 0.3) is 0 Å². The van der Waals surface area contributed by atoms with Gasteiger partial charge in [-0.25, -0.2) is 0 Å². The topological polar surface area (TPSA) is 90.2 Å². The van der Waals surface area contributed by atoms with Crippen molar-refractivity contribution in [1.29, 1.82) is 0 Å². The summed E-state index contributed by atoms with van der Waals surface area (Å²) in [6.45, 7) is 4.65. The van der Waals surface area contributed by atoms with Crippen molar-refractivity contribution in [3.05, 3.63) is 0 Å². The second-order valence-electron chi connectivity index (χ2n) is 3.72. The van der Waals surface area contributed by atoms with Crippen LogP contribution >= 0.6 is 0 Å². The Morgan fingerprint density at radius 1 is 1.07 bits per heavy atom. The molecule has 3 unspecified atom stereocenters. The van der Waals surface area contributed by atoms with E-state index in [-0.39, 0.29) is 12.5 Å². The zero-order valence-corrected chi connectivity index (χ0v) is 8.79. The highest BCUT2D eigenvalue weighted by atomic mass is 16.6. The fourth-order valence-electron chi connectivity index (χ4n) is 1.08. The Labute approximate surface area is 83.9 Å². The predicted molar refractivity (Wildman–Crippen MR) is 50.5 cm³/mol. The average molecular weight is 208 g/mol. The van der Waals surface area contributed by atoms with Crippen LogP contribution in [0.5, 0.6) is 0 Å². The molecular weight excluding hydrogens is 188 g/mol. The molecule has 0 saturated carbocycles. The van der Waals surface area contributed by atoms with Crippen molar-refractivity contribution in [2.75, 3.05) is 6.61 Å². The largest absolute Gasteiger partial charge is 0.394 e. The predicted octanol–water partition coefficient (Wildman–Crippen LogP) is -0.920. The van der Waals surface area contributed by atoms with Crippen molar-refractivity contribution in [1.82, 2.24) is 0 Å². The van der Waals surface area contributed by atoms with E-state index in [1.54, 1.807) is 13.8 Å². The molecule has 4 N–H and O–H groups in total. The Morgan fingerprint density at radius 2 is 1.57 bits per heavy atom. The van der Waals surface area contributed by atoms with Crippen LogP contribution in [0.4, 0.5) is 0 Å². The lowest BCUT2D eigenvalue weighted by atomic mass is 10.1. The molecule has 5 heteroatoms. The Bertz CT molecular complexity index is 138. The van der Waals surface area contributed by atoms with E-state index in [1.807, 2.05) is 0 Å². The van der Waals surface area contributed by atoms with Gasteiger partial charge in [-0.2, -0.15) is 0 Å². The SMILES string of the molecule is CC(C)C(OC(CO)C(C)O)C(O)O. The summed E-state index contributed by atoms with van der Waals surface area (Å²) in [5.41, 5.74) is 0. The van der Waals surface area contributed by atoms with E-state index < -0.39 is 24.6 Å². The van der Waals surface area contributed by atoms with Gasteiger partial charge in [-0.1, -0.05) is 13.8 Å². The molecule has 0 aliphatic heterocycles. The minimum atomic E-state index is -1.61. The second-order valence-corrected chi connectivity index (χ2v) is 3.72. The van der Waals surface area contributed by atoms with Gasteiger partial charge in [0.25, 0.3) is 0 Å². The van der Waals surface area contributed by atoms with Crippen molar-refractivity contribution >= 4 is 0 Å². The zero-order valence-electron chi connectivity index (χ0n) is 8.79. The lowest BCUT2D eigenvalue weighted by molar-refractivity contribution is -0.198. The first kappa shape index (κ1) is 13.8. The summed E-state index contributed by atoms with van der Waals surface area (Å²) < 4.78 is 5.18. The lowest BCUT2D eigenvalue weighted by Crippen LogP contribution is -2.41. The van der Waals surface area contributed by atoms with Gasteiger partial charge in [0, 0.05) is 0 Å². The molecule has 0 heterocycles. The van der Waals surface area contributed by atoms with Crippen molar-refractivity contribution < 1.29 is 25.2 Å². The highest BCUT2D eigenvalue weighted by Gasteiger charge is 2.27. The minimum absolute atomic E-state index is 0.109. The van der Waals surface area contributed by atoms with Gasteiger partial charge in [0.1, 0.15) is 12.2 Å². The third kappa shape index (κ3) is 4.34. The Hall–Kier alpha value is -0.200. The molecule has 86 valence electrons.